The van der Waals surface area contributed by atoms with Gasteiger partial charge in [0.2, 0.25) is 0 Å². The van der Waals surface area contributed by atoms with Gasteiger partial charge < -0.3 is 15.2 Å². The molecule has 0 radical (unpaired) electrons. The summed E-state index contributed by atoms with van der Waals surface area (Å²) in [5, 5.41) is 12.8. The van der Waals surface area contributed by atoms with Crippen LogP contribution in [0.1, 0.15) is 17.5 Å². The smallest absolute Gasteiger partial charge is 0.320 e. The van der Waals surface area contributed by atoms with Gasteiger partial charge in [-0.2, -0.15) is 11.8 Å². The molecule has 0 aliphatic carbocycles. The van der Waals surface area contributed by atoms with E-state index in [1.54, 1.807) is 11.8 Å². The third kappa shape index (κ3) is 6.61. The predicted octanol–water partition coefficient (Wildman–Crippen LogP) is 4.21. The first kappa shape index (κ1) is 19.6. The van der Waals surface area contributed by atoms with Gasteiger partial charge in [0.1, 0.15) is 18.4 Å². The minimum absolute atomic E-state index is 0.448. The lowest BCUT2D eigenvalue weighted by atomic mass is 10.1. The van der Waals surface area contributed by atoms with Gasteiger partial charge in [-0.1, -0.05) is 48.0 Å². The molecule has 2 N–H and O–H groups in total. The van der Waals surface area contributed by atoms with Gasteiger partial charge in [0.05, 0.1) is 5.02 Å². The molecule has 0 saturated carbocycles. The molecule has 0 saturated heterocycles. The van der Waals surface area contributed by atoms with E-state index in [1.165, 1.54) is 0 Å². The molecule has 0 amide bonds. The lowest BCUT2D eigenvalue weighted by Gasteiger charge is -2.15. The number of carbonyl (C=O) groups is 1. The number of halogens is 1. The fraction of sp³-hybridized carbons (Fsp3) is 0.316. The van der Waals surface area contributed by atoms with Crippen LogP contribution in [-0.4, -0.2) is 29.1 Å². The van der Waals surface area contributed by atoms with Gasteiger partial charge >= 0.3 is 5.97 Å². The monoisotopic (exact) mass is 379 g/mol. The van der Waals surface area contributed by atoms with Crippen molar-refractivity contribution in [2.75, 3.05) is 12.0 Å². The summed E-state index contributed by atoms with van der Waals surface area (Å²) in [4.78, 5) is 11.2. The van der Waals surface area contributed by atoms with Crippen LogP contribution in [0.2, 0.25) is 5.02 Å². The molecule has 25 heavy (non-hydrogen) atoms. The van der Waals surface area contributed by atoms with E-state index in [1.807, 2.05) is 54.8 Å². The first-order valence-corrected chi connectivity index (χ1v) is 9.77. The maximum absolute atomic E-state index is 11.2. The highest BCUT2D eigenvalue weighted by Crippen LogP contribution is 2.26. The maximum Gasteiger partial charge on any atom is 0.320 e. The molecule has 2 aromatic rings. The molecule has 1 unspecified atom stereocenters. The van der Waals surface area contributed by atoms with Crippen LogP contribution >= 0.6 is 23.4 Å². The van der Waals surface area contributed by atoms with Crippen molar-refractivity contribution in [1.82, 2.24) is 5.32 Å². The first-order valence-electron chi connectivity index (χ1n) is 8.00. The zero-order valence-corrected chi connectivity index (χ0v) is 15.6. The number of hydrogen-bond donors (Lipinski definition) is 2. The molecule has 0 aromatic heterocycles. The van der Waals surface area contributed by atoms with Gasteiger partial charge in [-0.05, 0) is 41.7 Å². The SMILES string of the molecule is CSCCC(NCc1ccc(OCc2ccccc2)c(Cl)c1)C(=O)O. The van der Waals surface area contributed by atoms with E-state index in [4.69, 9.17) is 16.3 Å². The standard InChI is InChI=1S/C19H22ClNO3S/c1-25-10-9-17(19(22)23)21-12-15-7-8-18(16(20)11-15)24-13-14-5-3-2-4-6-14/h2-8,11,17,21H,9-10,12-13H2,1H3,(H,22,23). The average Bonchev–Trinajstić information content (AvgIpc) is 2.61. The minimum atomic E-state index is -0.831. The van der Waals surface area contributed by atoms with Crippen molar-refractivity contribution in [1.29, 1.82) is 0 Å². The van der Waals surface area contributed by atoms with Crippen molar-refractivity contribution in [3.05, 3.63) is 64.7 Å². The quantitative estimate of drug-likeness (QED) is 0.647. The Morgan fingerprint density at radius 2 is 2.00 bits per heavy atom. The molecule has 2 rings (SSSR count). The zero-order chi connectivity index (χ0) is 18.1. The minimum Gasteiger partial charge on any atom is -0.487 e. The fourth-order valence-electron chi connectivity index (χ4n) is 2.30. The maximum atomic E-state index is 11.2. The number of carboxylic acids is 1. The highest BCUT2D eigenvalue weighted by atomic mass is 35.5. The number of ether oxygens (including phenoxy) is 1. The molecule has 2 aromatic carbocycles. The molecule has 0 spiro atoms. The van der Waals surface area contributed by atoms with Gasteiger partial charge in [0, 0.05) is 6.54 Å². The Kier molecular flexibility index (Phi) is 8.12. The number of thioether (sulfide) groups is 1. The van der Waals surface area contributed by atoms with Gasteiger partial charge in [0.25, 0.3) is 0 Å². The second-order valence-corrected chi connectivity index (χ2v) is 6.99. The Morgan fingerprint density at radius 1 is 1.24 bits per heavy atom. The molecule has 0 bridgehead atoms. The molecule has 4 nitrogen and oxygen atoms in total. The Morgan fingerprint density at radius 3 is 2.64 bits per heavy atom. The van der Waals surface area contributed by atoms with E-state index in [0.29, 0.717) is 30.3 Å². The van der Waals surface area contributed by atoms with E-state index in [2.05, 4.69) is 5.32 Å². The van der Waals surface area contributed by atoms with Crippen LogP contribution in [0.3, 0.4) is 0 Å². The number of nitrogens with one attached hydrogen (secondary N) is 1. The third-order valence-electron chi connectivity index (χ3n) is 3.69. The van der Waals surface area contributed by atoms with Gasteiger partial charge in [-0.25, -0.2) is 0 Å². The predicted molar refractivity (Wildman–Crippen MR) is 103 cm³/mol. The molecule has 0 aliphatic rings. The van der Waals surface area contributed by atoms with Crippen molar-refractivity contribution < 1.29 is 14.6 Å². The van der Waals surface area contributed by atoms with Crippen molar-refractivity contribution in [3.8, 4) is 5.75 Å². The Bertz CT molecular complexity index is 682. The van der Waals surface area contributed by atoms with Crippen LogP contribution in [0.25, 0.3) is 0 Å². The number of rotatable bonds is 10. The van der Waals surface area contributed by atoms with Gasteiger partial charge in [-0.3, -0.25) is 4.79 Å². The highest BCUT2D eigenvalue weighted by molar-refractivity contribution is 7.98. The van der Waals surface area contributed by atoms with Crippen LogP contribution in [0.4, 0.5) is 0 Å². The second kappa shape index (κ2) is 10.3. The van der Waals surface area contributed by atoms with Gasteiger partial charge in [0.15, 0.2) is 0 Å². The van der Waals surface area contributed by atoms with E-state index < -0.39 is 12.0 Å². The second-order valence-electron chi connectivity index (χ2n) is 5.59. The molecule has 0 heterocycles. The van der Waals surface area contributed by atoms with E-state index >= 15 is 0 Å². The van der Waals surface area contributed by atoms with Crippen LogP contribution in [-0.2, 0) is 17.9 Å². The molecular formula is C19H22ClNO3S. The number of benzene rings is 2. The van der Waals surface area contributed by atoms with E-state index in [9.17, 15) is 9.90 Å². The van der Waals surface area contributed by atoms with Crippen molar-refractivity contribution >= 4 is 29.3 Å². The van der Waals surface area contributed by atoms with Crippen LogP contribution in [0.5, 0.6) is 5.75 Å². The van der Waals surface area contributed by atoms with Crippen molar-refractivity contribution in [2.45, 2.75) is 25.6 Å². The first-order chi connectivity index (χ1) is 12.1. The fourth-order valence-corrected chi connectivity index (χ4v) is 3.03. The largest absolute Gasteiger partial charge is 0.487 e. The Hall–Kier alpha value is -1.69. The van der Waals surface area contributed by atoms with Crippen LogP contribution < -0.4 is 10.1 Å². The van der Waals surface area contributed by atoms with Crippen LogP contribution in [0, 0.1) is 0 Å². The molecule has 6 heteroatoms. The normalized spacial score (nSPS) is 11.9. The molecular weight excluding hydrogens is 358 g/mol. The zero-order valence-electron chi connectivity index (χ0n) is 14.1. The lowest BCUT2D eigenvalue weighted by molar-refractivity contribution is -0.139. The Balaban J connectivity index is 1.91. The summed E-state index contributed by atoms with van der Waals surface area (Å²) in [7, 11) is 0. The van der Waals surface area contributed by atoms with Crippen molar-refractivity contribution in [3.63, 3.8) is 0 Å². The lowest BCUT2D eigenvalue weighted by Crippen LogP contribution is -2.36. The Labute approximate surface area is 157 Å². The molecule has 134 valence electrons. The summed E-state index contributed by atoms with van der Waals surface area (Å²) in [5.74, 6) is 0.589. The van der Waals surface area contributed by atoms with Crippen molar-refractivity contribution in [2.24, 2.45) is 0 Å². The summed E-state index contributed by atoms with van der Waals surface area (Å²) in [6.45, 7) is 0.901. The summed E-state index contributed by atoms with van der Waals surface area (Å²) in [6.07, 6.45) is 2.55. The summed E-state index contributed by atoms with van der Waals surface area (Å²) in [6, 6.07) is 14.8. The number of aliphatic carboxylic acids is 1. The summed E-state index contributed by atoms with van der Waals surface area (Å²) in [5.41, 5.74) is 2.00. The molecule has 0 fully saturated rings. The third-order valence-corrected chi connectivity index (χ3v) is 4.63. The average molecular weight is 380 g/mol. The van der Waals surface area contributed by atoms with Gasteiger partial charge in [-0.15, -0.1) is 0 Å². The van der Waals surface area contributed by atoms with Crippen LogP contribution in [0.15, 0.2) is 48.5 Å². The molecule has 1 atom stereocenters. The summed E-state index contributed by atoms with van der Waals surface area (Å²) >= 11 is 7.92. The topological polar surface area (TPSA) is 58.6 Å². The number of carboxylic acid groups (broad SMARTS) is 1. The number of hydrogen-bond acceptors (Lipinski definition) is 4. The molecule has 0 aliphatic heterocycles. The van der Waals surface area contributed by atoms with E-state index in [0.717, 1.165) is 16.9 Å². The van der Waals surface area contributed by atoms with E-state index in [-0.39, 0.29) is 0 Å². The highest BCUT2D eigenvalue weighted by Gasteiger charge is 2.16. The summed E-state index contributed by atoms with van der Waals surface area (Å²) < 4.78 is 5.75.